The number of hydrogen-bond donors (Lipinski definition) is 2. The van der Waals surface area contributed by atoms with E-state index in [1.165, 1.54) is 18.6 Å². The molecule has 110 valence electrons. The lowest BCUT2D eigenvalue weighted by Gasteiger charge is -2.25. The summed E-state index contributed by atoms with van der Waals surface area (Å²) in [4.78, 5) is 9.83. The maximum atomic E-state index is 12.1. The summed E-state index contributed by atoms with van der Waals surface area (Å²) in [6.45, 7) is 0.300. The zero-order valence-electron chi connectivity index (χ0n) is 10.9. The highest BCUT2D eigenvalue weighted by Crippen LogP contribution is 2.29. The van der Waals surface area contributed by atoms with E-state index in [2.05, 4.69) is 4.72 Å². The number of benzene rings is 1. The van der Waals surface area contributed by atoms with Gasteiger partial charge in [-0.15, -0.1) is 0 Å². The van der Waals surface area contributed by atoms with Crippen LogP contribution in [0.2, 0.25) is 0 Å². The number of nitrogens with zero attached hydrogens (tertiary/aromatic N) is 1. The van der Waals surface area contributed by atoms with Gasteiger partial charge in [0.1, 0.15) is 0 Å². The maximum Gasteiger partial charge on any atom is 0.291 e. The predicted octanol–water partition coefficient (Wildman–Crippen LogP) is 1.65. The van der Waals surface area contributed by atoms with Gasteiger partial charge in [-0.1, -0.05) is 19.3 Å². The second kappa shape index (κ2) is 5.76. The molecule has 0 aromatic heterocycles. The second-order valence-electron chi connectivity index (χ2n) is 4.97. The quantitative estimate of drug-likeness (QED) is 0.470. The van der Waals surface area contributed by atoms with Gasteiger partial charge in [0.2, 0.25) is 10.0 Å². The monoisotopic (exact) mass is 299 g/mol. The van der Waals surface area contributed by atoms with Crippen LogP contribution < -0.4 is 10.5 Å². The molecule has 1 aromatic rings. The van der Waals surface area contributed by atoms with Crippen molar-refractivity contribution in [2.45, 2.75) is 30.6 Å². The molecule has 0 atom stereocenters. The number of nitro benzene ring substituents is 1. The third-order valence-electron chi connectivity index (χ3n) is 3.54. The summed E-state index contributed by atoms with van der Waals surface area (Å²) in [5.74, 6) is 0.569. The van der Waals surface area contributed by atoms with Crippen molar-refractivity contribution in [3.05, 3.63) is 28.3 Å². The maximum absolute atomic E-state index is 12.1. The molecule has 0 amide bonds. The van der Waals surface area contributed by atoms with Crippen LogP contribution in [0.15, 0.2) is 23.1 Å². The van der Waals surface area contributed by atoms with Gasteiger partial charge in [0, 0.05) is 18.3 Å². The summed E-state index contributed by atoms with van der Waals surface area (Å²) >= 11 is 0. The van der Waals surface area contributed by atoms with Crippen molar-refractivity contribution in [3.63, 3.8) is 0 Å². The van der Waals surface area contributed by atoms with Gasteiger partial charge in [-0.05, 0) is 24.5 Å². The Labute approximate surface area is 117 Å². The summed E-state index contributed by atoms with van der Waals surface area (Å²) in [7, 11) is -3.88. The average Bonchev–Trinajstić information content (AvgIpc) is 2.32. The van der Waals surface area contributed by atoms with Crippen molar-refractivity contribution >= 4 is 21.4 Å². The SMILES string of the molecule is Nc1ccc(S(=O)(=O)NCCC2CCC2)c([N+](=O)[O-])c1. The smallest absolute Gasteiger partial charge is 0.291 e. The van der Waals surface area contributed by atoms with Crippen LogP contribution in [0.1, 0.15) is 25.7 Å². The van der Waals surface area contributed by atoms with E-state index in [0.29, 0.717) is 12.5 Å². The van der Waals surface area contributed by atoms with Crippen molar-refractivity contribution in [2.24, 2.45) is 5.92 Å². The van der Waals surface area contributed by atoms with E-state index in [1.54, 1.807) is 0 Å². The van der Waals surface area contributed by atoms with E-state index >= 15 is 0 Å². The minimum Gasteiger partial charge on any atom is -0.399 e. The van der Waals surface area contributed by atoms with Gasteiger partial charge in [0.05, 0.1) is 4.92 Å². The molecule has 7 nitrogen and oxygen atoms in total. The van der Waals surface area contributed by atoms with Crippen LogP contribution in [-0.2, 0) is 10.0 Å². The minimum absolute atomic E-state index is 0.158. The van der Waals surface area contributed by atoms with Gasteiger partial charge in [-0.2, -0.15) is 0 Å². The van der Waals surface area contributed by atoms with Gasteiger partial charge in [-0.25, -0.2) is 13.1 Å². The minimum atomic E-state index is -3.88. The van der Waals surface area contributed by atoms with E-state index < -0.39 is 20.6 Å². The number of nitrogens with two attached hydrogens (primary N) is 1. The van der Waals surface area contributed by atoms with Crippen LogP contribution in [0.3, 0.4) is 0 Å². The number of nitrogens with one attached hydrogen (secondary N) is 1. The summed E-state index contributed by atoms with van der Waals surface area (Å²) < 4.78 is 26.6. The van der Waals surface area contributed by atoms with Gasteiger partial charge in [0.25, 0.3) is 5.69 Å². The fourth-order valence-electron chi connectivity index (χ4n) is 2.16. The lowest BCUT2D eigenvalue weighted by Crippen LogP contribution is -2.28. The summed E-state index contributed by atoms with van der Waals surface area (Å²) in [6.07, 6.45) is 4.22. The number of sulfonamides is 1. The van der Waals surface area contributed by atoms with Crippen LogP contribution in [-0.4, -0.2) is 19.9 Å². The molecule has 1 aliphatic carbocycles. The molecule has 0 aliphatic heterocycles. The third kappa shape index (κ3) is 3.26. The van der Waals surface area contributed by atoms with E-state index in [9.17, 15) is 18.5 Å². The highest BCUT2D eigenvalue weighted by molar-refractivity contribution is 7.89. The van der Waals surface area contributed by atoms with Crippen LogP contribution in [0.25, 0.3) is 0 Å². The molecule has 8 heteroatoms. The normalized spacial score (nSPS) is 15.8. The first kappa shape index (κ1) is 14.7. The Morgan fingerprint density at radius 2 is 2.10 bits per heavy atom. The van der Waals surface area contributed by atoms with Crippen molar-refractivity contribution in [2.75, 3.05) is 12.3 Å². The highest BCUT2D eigenvalue weighted by Gasteiger charge is 2.26. The van der Waals surface area contributed by atoms with Gasteiger partial charge < -0.3 is 5.73 Å². The zero-order valence-corrected chi connectivity index (χ0v) is 11.7. The molecular weight excluding hydrogens is 282 g/mol. The first-order valence-electron chi connectivity index (χ1n) is 6.44. The lowest BCUT2D eigenvalue weighted by atomic mass is 9.83. The molecule has 0 unspecified atom stereocenters. The largest absolute Gasteiger partial charge is 0.399 e. The predicted molar refractivity (Wildman–Crippen MR) is 74.7 cm³/mol. The molecule has 0 radical (unpaired) electrons. The van der Waals surface area contributed by atoms with Gasteiger partial charge >= 0.3 is 0 Å². The molecular formula is C12H17N3O4S. The Balaban J connectivity index is 2.13. The van der Waals surface area contributed by atoms with Crippen LogP contribution in [0, 0.1) is 16.0 Å². The fourth-order valence-corrected chi connectivity index (χ4v) is 3.36. The number of nitro groups is 1. The van der Waals surface area contributed by atoms with Crippen molar-refractivity contribution in [3.8, 4) is 0 Å². The summed E-state index contributed by atoms with van der Waals surface area (Å²) in [6, 6.07) is 3.56. The molecule has 1 aromatic carbocycles. The van der Waals surface area contributed by atoms with E-state index in [-0.39, 0.29) is 10.6 Å². The Kier molecular flexibility index (Phi) is 4.24. The van der Waals surface area contributed by atoms with Crippen molar-refractivity contribution < 1.29 is 13.3 Å². The molecule has 0 saturated heterocycles. The highest BCUT2D eigenvalue weighted by atomic mass is 32.2. The van der Waals surface area contributed by atoms with Crippen LogP contribution in [0.4, 0.5) is 11.4 Å². The molecule has 0 spiro atoms. The summed E-state index contributed by atoms with van der Waals surface area (Å²) in [5, 5.41) is 10.9. The third-order valence-corrected chi connectivity index (χ3v) is 5.05. The van der Waals surface area contributed by atoms with E-state index in [1.807, 2.05) is 0 Å². The average molecular weight is 299 g/mol. The number of hydrogen-bond acceptors (Lipinski definition) is 5. The number of anilines is 1. The molecule has 3 N–H and O–H groups in total. The Morgan fingerprint density at radius 1 is 1.40 bits per heavy atom. The van der Waals surface area contributed by atoms with Gasteiger partial charge in [-0.3, -0.25) is 10.1 Å². The van der Waals surface area contributed by atoms with E-state index in [0.717, 1.165) is 25.3 Å². The molecule has 20 heavy (non-hydrogen) atoms. The Morgan fingerprint density at radius 3 is 2.65 bits per heavy atom. The Hall–Kier alpha value is -1.67. The number of rotatable bonds is 6. The number of nitrogen functional groups attached to an aromatic ring is 1. The summed E-state index contributed by atoms with van der Waals surface area (Å²) in [5.41, 5.74) is 5.11. The molecule has 0 bridgehead atoms. The van der Waals surface area contributed by atoms with Gasteiger partial charge in [0.15, 0.2) is 4.90 Å². The topological polar surface area (TPSA) is 115 Å². The fraction of sp³-hybridized carbons (Fsp3) is 0.500. The first-order valence-corrected chi connectivity index (χ1v) is 7.92. The molecule has 1 aliphatic rings. The van der Waals surface area contributed by atoms with Crippen LogP contribution in [0.5, 0.6) is 0 Å². The molecule has 1 saturated carbocycles. The Bertz CT molecular complexity index is 611. The standard InChI is InChI=1S/C12H17N3O4S/c13-10-4-5-12(11(8-10)15(16)17)20(18,19)14-7-6-9-2-1-3-9/h4-5,8-9,14H,1-3,6-7,13H2. The van der Waals surface area contributed by atoms with Crippen LogP contribution >= 0.6 is 0 Å². The first-order chi connectivity index (χ1) is 9.40. The van der Waals surface area contributed by atoms with Crippen molar-refractivity contribution in [1.82, 2.24) is 4.72 Å². The van der Waals surface area contributed by atoms with Crippen molar-refractivity contribution in [1.29, 1.82) is 0 Å². The lowest BCUT2D eigenvalue weighted by molar-refractivity contribution is -0.387. The van der Waals surface area contributed by atoms with E-state index in [4.69, 9.17) is 5.73 Å². The molecule has 1 fully saturated rings. The molecule has 2 rings (SSSR count). The molecule has 0 heterocycles. The zero-order chi connectivity index (χ0) is 14.8. The second-order valence-corrected chi connectivity index (χ2v) is 6.70.